The van der Waals surface area contributed by atoms with Crippen molar-refractivity contribution in [2.75, 3.05) is 0 Å². The number of carboxylic acids is 1. The van der Waals surface area contributed by atoms with Crippen molar-refractivity contribution >= 4 is 27.8 Å². The molecule has 2 fully saturated rings. The highest BCUT2D eigenvalue weighted by molar-refractivity contribution is 9.10. The van der Waals surface area contributed by atoms with Crippen LogP contribution < -0.4 is 0 Å². The lowest BCUT2D eigenvalue weighted by Gasteiger charge is -2.40. The van der Waals surface area contributed by atoms with Crippen molar-refractivity contribution in [2.24, 2.45) is 5.92 Å². The fourth-order valence-corrected chi connectivity index (χ4v) is 3.56. The van der Waals surface area contributed by atoms with E-state index in [1.165, 1.54) is 0 Å². The third kappa shape index (κ3) is 2.35. The van der Waals surface area contributed by atoms with Crippen molar-refractivity contribution in [3.63, 3.8) is 0 Å². The molecule has 2 atom stereocenters. The summed E-state index contributed by atoms with van der Waals surface area (Å²) in [6.45, 7) is 0. The van der Waals surface area contributed by atoms with Crippen LogP contribution in [-0.2, 0) is 9.59 Å². The first-order valence-corrected chi connectivity index (χ1v) is 7.67. The molecule has 2 aliphatic rings. The zero-order valence-electron chi connectivity index (χ0n) is 11.0. The zero-order valence-corrected chi connectivity index (χ0v) is 12.5. The molecule has 1 amide bonds. The minimum atomic E-state index is -0.816. The molecule has 4 nitrogen and oxygen atoms in total. The number of benzene rings is 1. The van der Waals surface area contributed by atoms with Crippen LogP contribution >= 0.6 is 15.9 Å². The molecule has 1 aromatic carbocycles. The van der Waals surface area contributed by atoms with Crippen LogP contribution in [0.2, 0.25) is 0 Å². The summed E-state index contributed by atoms with van der Waals surface area (Å²) in [6.07, 6.45) is 2.73. The van der Waals surface area contributed by atoms with E-state index in [4.69, 9.17) is 0 Å². The maximum atomic E-state index is 12.3. The first kappa shape index (κ1) is 13.6. The normalized spacial score (nSPS) is 26.6. The Morgan fingerprint density at radius 2 is 1.95 bits per heavy atom. The Labute approximate surface area is 125 Å². The molecule has 1 aromatic rings. The van der Waals surface area contributed by atoms with E-state index < -0.39 is 11.9 Å². The molecule has 0 spiro atoms. The first-order valence-electron chi connectivity index (χ1n) is 6.88. The van der Waals surface area contributed by atoms with E-state index in [9.17, 15) is 14.7 Å². The average molecular weight is 338 g/mol. The summed E-state index contributed by atoms with van der Waals surface area (Å²) < 4.78 is 0.872. The fraction of sp³-hybridized carbons (Fsp3) is 0.467. The smallest absolute Gasteiger partial charge is 0.308 e. The van der Waals surface area contributed by atoms with Crippen LogP contribution in [-0.4, -0.2) is 27.9 Å². The van der Waals surface area contributed by atoms with Gasteiger partial charge in [0.05, 0.1) is 12.0 Å². The number of nitrogens with zero attached hydrogens (tertiary/aromatic N) is 1. The molecule has 3 rings (SSSR count). The van der Waals surface area contributed by atoms with Gasteiger partial charge in [0.15, 0.2) is 0 Å². The van der Waals surface area contributed by atoms with Crippen molar-refractivity contribution in [3.05, 3.63) is 34.3 Å². The molecule has 1 aliphatic carbocycles. The van der Waals surface area contributed by atoms with E-state index >= 15 is 0 Å². The molecule has 5 heteroatoms. The topological polar surface area (TPSA) is 57.6 Å². The van der Waals surface area contributed by atoms with Crippen molar-refractivity contribution < 1.29 is 14.7 Å². The van der Waals surface area contributed by atoms with Gasteiger partial charge in [-0.05, 0) is 30.9 Å². The predicted octanol–water partition coefficient (Wildman–Crippen LogP) is 2.98. The average Bonchev–Trinajstić information content (AvgIpc) is 3.23. The summed E-state index contributed by atoms with van der Waals surface area (Å²) in [5.41, 5.74) is 0.903. The van der Waals surface area contributed by atoms with E-state index in [1.807, 2.05) is 29.2 Å². The number of rotatable bonds is 3. The zero-order chi connectivity index (χ0) is 14.3. The number of likely N-dealkylation sites (tertiary alicyclic amines) is 1. The van der Waals surface area contributed by atoms with Gasteiger partial charge in [-0.3, -0.25) is 9.59 Å². The van der Waals surface area contributed by atoms with Crippen LogP contribution in [0.1, 0.15) is 37.3 Å². The van der Waals surface area contributed by atoms with E-state index in [0.29, 0.717) is 12.8 Å². The minimum Gasteiger partial charge on any atom is -0.481 e. The molecule has 1 saturated carbocycles. The van der Waals surface area contributed by atoms with Crippen LogP contribution in [0, 0.1) is 5.92 Å². The lowest BCUT2D eigenvalue weighted by Crippen LogP contribution is -2.46. The molecule has 2 unspecified atom stereocenters. The summed E-state index contributed by atoms with van der Waals surface area (Å²) in [6, 6.07) is 7.48. The van der Waals surface area contributed by atoms with Gasteiger partial charge in [-0.15, -0.1) is 0 Å². The summed E-state index contributed by atoms with van der Waals surface area (Å²) in [4.78, 5) is 25.7. The van der Waals surface area contributed by atoms with Gasteiger partial charge in [-0.2, -0.15) is 0 Å². The molecule has 1 heterocycles. The van der Waals surface area contributed by atoms with Crippen LogP contribution in [0.3, 0.4) is 0 Å². The molecule has 1 aliphatic heterocycles. The van der Waals surface area contributed by atoms with Crippen LogP contribution in [0.15, 0.2) is 28.7 Å². The SMILES string of the molecule is O=C(O)C1CCC(=O)N(C2CC2)C1c1ccccc1Br. The maximum Gasteiger partial charge on any atom is 0.308 e. The summed E-state index contributed by atoms with van der Waals surface area (Å²) >= 11 is 3.49. The standard InChI is InChI=1S/C15H16BrNO3/c16-12-4-2-1-3-10(12)14-11(15(19)20)7-8-13(18)17(14)9-5-6-9/h1-4,9,11,14H,5-8H2,(H,19,20). The second kappa shape index (κ2) is 5.20. The number of carbonyl (C=O) groups is 2. The summed E-state index contributed by atoms with van der Waals surface area (Å²) in [5.74, 6) is -1.25. The fourth-order valence-electron chi connectivity index (χ4n) is 3.04. The van der Waals surface area contributed by atoms with Crippen molar-refractivity contribution in [3.8, 4) is 0 Å². The second-order valence-corrected chi connectivity index (χ2v) is 6.34. The summed E-state index contributed by atoms with van der Waals surface area (Å²) in [7, 11) is 0. The molecule has 0 aromatic heterocycles. The molecule has 0 radical (unpaired) electrons. The summed E-state index contributed by atoms with van der Waals surface area (Å²) in [5, 5.41) is 9.51. The van der Waals surface area contributed by atoms with Crippen LogP contribution in [0.4, 0.5) is 0 Å². The highest BCUT2D eigenvalue weighted by atomic mass is 79.9. The van der Waals surface area contributed by atoms with Gasteiger partial charge in [0.1, 0.15) is 0 Å². The molecular weight excluding hydrogens is 322 g/mol. The Hall–Kier alpha value is -1.36. The Balaban J connectivity index is 2.05. The van der Waals surface area contributed by atoms with Crippen molar-refractivity contribution in [1.82, 2.24) is 4.90 Å². The van der Waals surface area contributed by atoms with E-state index in [1.54, 1.807) is 0 Å². The van der Waals surface area contributed by atoms with E-state index in [-0.39, 0.29) is 18.0 Å². The van der Waals surface area contributed by atoms with Gasteiger partial charge in [-0.1, -0.05) is 34.1 Å². The Morgan fingerprint density at radius 3 is 2.55 bits per heavy atom. The van der Waals surface area contributed by atoms with E-state index in [0.717, 1.165) is 22.9 Å². The predicted molar refractivity (Wildman–Crippen MR) is 77.1 cm³/mol. The highest BCUT2D eigenvalue weighted by Crippen LogP contribution is 2.45. The number of hydrogen-bond acceptors (Lipinski definition) is 2. The lowest BCUT2D eigenvalue weighted by atomic mass is 9.84. The van der Waals surface area contributed by atoms with Gasteiger partial charge in [0, 0.05) is 16.9 Å². The highest BCUT2D eigenvalue weighted by Gasteiger charge is 2.46. The van der Waals surface area contributed by atoms with Crippen molar-refractivity contribution in [1.29, 1.82) is 0 Å². The lowest BCUT2D eigenvalue weighted by molar-refractivity contribution is -0.152. The van der Waals surface area contributed by atoms with Gasteiger partial charge < -0.3 is 10.0 Å². The molecule has 1 saturated heterocycles. The third-order valence-electron chi connectivity index (χ3n) is 4.12. The first-order chi connectivity index (χ1) is 9.59. The Bertz CT molecular complexity index is 556. The molecule has 0 bridgehead atoms. The van der Waals surface area contributed by atoms with Crippen molar-refractivity contribution in [2.45, 2.75) is 37.8 Å². The Kier molecular flexibility index (Phi) is 3.54. The van der Waals surface area contributed by atoms with Crippen LogP contribution in [0.5, 0.6) is 0 Å². The Morgan fingerprint density at radius 1 is 1.25 bits per heavy atom. The number of aliphatic carboxylic acids is 1. The molecule has 1 N–H and O–H groups in total. The number of carboxylic acid groups (broad SMARTS) is 1. The van der Waals surface area contributed by atoms with Gasteiger partial charge in [-0.25, -0.2) is 0 Å². The number of carbonyl (C=O) groups excluding carboxylic acids is 1. The number of amides is 1. The molecule has 106 valence electrons. The second-order valence-electron chi connectivity index (χ2n) is 5.48. The van der Waals surface area contributed by atoms with Crippen LogP contribution in [0.25, 0.3) is 0 Å². The minimum absolute atomic E-state index is 0.0887. The van der Waals surface area contributed by atoms with Gasteiger partial charge >= 0.3 is 5.97 Å². The number of hydrogen-bond donors (Lipinski definition) is 1. The molecule has 20 heavy (non-hydrogen) atoms. The maximum absolute atomic E-state index is 12.3. The largest absolute Gasteiger partial charge is 0.481 e. The van der Waals surface area contributed by atoms with Gasteiger partial charge in [0.25, 0.3) is 0 Å². The monoisotopic (exact) mass is 337 g/mol. The van der Waals surface area contributed by atoms with E-state index in [2.05, 4.69) is 15.9 Å². The quantitative estimate of drug-likeness (QED) is 0.922. The molecular formula is C15H16BrNO3. The number of halogens is 1. The number of piperidine rings is 1. The van der Waals surface area contributed by atoms with Gasteiger partial charge in [0.2, 0.25) is 5.91 Å². The third-order valence-corrected chi connectivity index (χ3v) is 4.84.